The normalized spacial score (nSPS) is 11.6. The topological polar surface area (TPSA) is 29.4 Å². The molecule has 0 aromatic heterocycles. The molecular formula is C18H27NO. The Morgan fingerprint density at radius 2 is 1.65 bits per heavy atom. The molecule has 0 aliphatic carbocycles. The maximum atomic E-state index is 12.0. The summed E-state index contributed by atoms with van der Waals surface area (Å²) in [5.74, 6) is 0.162. The fraction of sp³-hybridized carbons (Fsp3) is 0.556. The molecule has 0 atom stereocenters. The number of hydrogen-bond donors (Lipinski definition) is 0. The van der Waals surface area contributed by atoms with Gasteiger partial charge in [-0.15, -0.1) is 0 Å². The van der Waals surface area contributed by atoms with Gasteiger partial charge in [-0.05, 0) is 13.3 Å². The van der Waals surface area contributed by atoms with Gasteiger partial charge in [-0.3, -0.25) is 9.79 Å². The van der Waals surface area contributed by atoms with Crippen LogP contribution in [0, 0.1) is 0 Å². The van der Waals surface area contributed by atoms with Gasteiger partial charge in [-0.25, -0.2) is 0 Å². The first-order valence-corrected chi connectivity index (χ1v) is 7.82. The van der Waals surface area contributed by atoms with Crippen LogP contribution in [0.25, 0.3) is 0 Å². The summed E-state index contributed by atoms with van der Waals surface area (Å²) in [6, 6.07) is 9.45. The van der Waals surface area contributed by atoms with E-state index in [1.165, 1.54) is 32.1 Å². The van der Waals surface area contributed by atoms with Crippen LogP contribution in [0.1, 0.15) is 69.2 Å². The monoisotopic (exact) mass is 273 g/mol. The third kappa shape index (κ3) is 7.22. The summed E-state index contributed by atoms with van der Waals surface area (Å²) in [6.45, 7) is 5.05. The van der Waals surface area contributed by atoms with Crippen LogP contribution < -0.4 is 0 Å². The summed E-state index contributed by atoms with van der Waals surface area (Å²) in [5, 5.41) is 0. The molecule has 0 aliphatic rings. The first-order chi connectivity index (χ1) is 9.74. The lowest BCUT2D eigenvalue weighted by molar-refractivity contribution is 0.100. The van der Waals surface area contributed by atoms with Crippen LogP contribution in [-0.4, -0.2) is 18.0 Å². The smallest absolute Gasteiger partial charge is 0.168 e. The van der Waals surface area contributed by atoms with E-state index in [0.717, 1.165) is 24.2 Å². The Morgan fingerprint density at radius 3 is 2.35 bits per heavy atom. The summed E-state index contributed by atoms with van der Waals surface area (Å²) < 4.78 is 0. The highest BCUT2D eigenvalue weighted by Crippen LogP contribution is 2.06. The molecule has 2 nitrogen and oxygen atoms in total. The number of unbranched alkanes of at least 4 members (excludes halogenated alkanes) is 5. The largest absolute Gasteiger partial charge is 0.294 e. The lowest BCUT2D eigenvalue weighted by Crippen LogP contribution is -2.05. The van der Waals surface area contributed by atoms with Gasteiger partial charge < -0.3 is 0 Å². The predicted octanol–water partition coefficient (Wildman–Crippen LogP) is 5.08. The van der Waals surface area contributed by atoms with Crippen LogP contribution in [0.15, 0.2) is 35.3 Å². The molecule has 0 heterocycles. The Bertz CT molecular complexity index is 409. The van der Waals surface area contributed by atoms with Gasteiger partial charge >= 0.3 is 0 Å². The SMILES string of the molecule is CCCCCCCCN=C(C)CC(=O)c1ccccc1. The van der Waals surface area contributed by atoms with Crippen molar-refractivity contribution in [3.63, 3.8) is 0 Å². The molecule has 0 unspecified atom stereocenters. The first-order valence-electron chi connectivity index (χ1n) is 7.82. The molecule has 0 spiro atoms. The number of ketones is 1. The van der Waals surface area contributed by atoms with Crippen molar-refractivity contribution < 1.29 is 4.79 Å². The van der Waals surface area contributed by atoms with Gasteiger partial charge in [0.25, 0.3) is 0 Å². The molecule has 20 heavy (non-hydrogen) atoms. The minimum Gasteiger partial charge on any atom is -0.294 e. The number of nitrogens with zero attached hydrogens (tertiary/aromatic N) is 1. The van der Waals surface area contributed by atoms with Gasteiger partial charge in [0.05, 0.1) is 0 Å². The zero-order chi connectivity index (χ0) is 14.6. The first kappa shape index (κ1) is 16.6. The number of carbonyl (C=O) groups excluding carboxylic acids is 1. The summed E-state index contributed by atoms with van der Waals surface area (Å²) in [4.78, 5) is 16.5. The third-order valence-corrected chi connectivity index (χ3v) is 3.41. The second-order valence-corrected chi connectivity index (χ2v) is 5.35. The highest BCUT2D eigenvalue weighted by atomic mass is 16.1. The summed E-state index contributed by atoms with van der Waals surface area (Å²) in [6.07, 6.45) is 8.12. The number of carbonyl (C=O) groups is 1. The summed E-state index contributed by atoms with van der Waals surface area (Å²) in [5.41, 5.74) is 1.73. The van der Waals surface area contributed by atoms with Crippen molar-refractivity contribution in [3.05, 3.63) is 35.9 Å². The number of Topliss-reactive ketones (excluding diaryl/α,β-unsaturated/α-hetero) is 1. The number of aliphatic imine (C=N–C) groups is 1. The van der Waals surface area contributed by atoms with Crippen molar-refractivity contribution >= 4 is 11.5 Å². The van der Waals surface area contributed by atoms with E-state index in [9.17, 15) is 4.79 Å². The minimum atomic E-state index is 0.162. The zero-order valence-corrected chi connectivity index (χ0v) is 12.9. The zero-order valence-electron chi connectivity index (χ0n) is 12.9. The molecule has 0 fully saturated rings. The lowest BCUT2D eigenvalue weighted by atomic mass is 10.1. The molecule has 0 amide bonds. The minimum absolute atomic E-state index is 0.162. The van der Waals surface area contributed by atoms with E-state index >= 15 is 0 Å². The number of rotatable bonds is 10. The van der Waals surface area contributed by atoms with Crippen LogP contribution in [0.2, 0.25) is 0 Å². The van der Waals surface area contributed by atoms with Gasteiger partial charge in [0.2, 0.25) is 0 Å². The van der Waals surface area contributed by atoms with E-state index in [-0.39, 0.29) is 5.78 Å². The van der Waals surface area contributed by atoms with Crippen molar-refractivity contribution in [3.8, 4) is 0 Å². The van der Waals surface area contributed by atoms with Gasteiger partial charge in [-0.1, -0.05) is 69.4 Å². The van der Waals surface area contributed by atoms with E-state index in [0.29, 0.717) is 6.42 Å². The molecule has 110 valence electrons. The van der Waals surface area contributed by atoms with E-state index in [4.69, 9.17) is 0 Å². The molecule has 1 aromatic carbocycles. The molecule has 0 bridgehead atoms. The van der Waals surface area contributed by atoms with E-state index in [1.54, 1.807) is 0 Å². The quantitative estimate of drug-likeness (QED) is 0.332. The molecule has 2 heteroatoms. The van der Waals surface area contributed by atoms with E-state index in [2.05, 4.69) is 11.9 Å². The van der Waals surface area contributed by atoms with Crippen molar-refractivity contribution in [1.29, 1.82) is 0 Å². The standard InChI is InChI=1S/C18H27NO/c1-3-4-5-6-7-11-14-19-16(2)15-18(20)17-12-9-8-10-13-17/h8-10,12-13H,3-7,11,14-15H2,1-2H3. The Labute approximate surface area is 123 Å². The predicted molar refractivity (Wildman–Crippen MR) is 86.7 cm³/mol. The van der Waals surface area contributed by atoms with Crippen molar-refractivity contribution in [2.45, 2.75) is 58.8 Å². The lowest BCUT2D eigenvalue weighted by Gasteiger charge is -2.02. The van der Waals surface area contributed by atoms with Crippen molar-refractivity contribution in [2.24, 2.45) is 4.99 Å². The molecule has 0 saturated carbocycles. The molecule has 0 aliphatic heterocycles. The van der Waals surface area contributed by atoms with Gasteiger partial charge in [-0.2, -0.15) is 0 Å². The maximum absolute atomic E-state index is 12.0. The highest BCUT2D eigenvalue weighted by molar-refractivity contribution is 6.08. The van der Waals surface area contributed by atoms with Crippen LogP contribution in [0.5, 0.6) is 0 Å². The second-order valence-electron chi connectivity index (χ2n) is 5.35. The molecule has 0 radical (unpaired) electrons. The Morgan fingerprint density at radius 1 is 1.00 bits per heavy atom. The fourth-order valence-electron chi connectivity index (χ4n) is 2.18. The summed E-state index contributed by atoms with van der Waals surface area (Å²) in [7, 11) is 0. The van der Waals surface area contributed by atoms with Crippen molar-refractivity contribution in [1.82, 2.24) is 0 Å². The van der Waals surface area contributed by atoms with Crippen LogP contribution in [0.3, 0.4) is 0 Å². The molecule has 0 N–H and O–H groups in total. The average Bonchev–Trinajstić information content (AvgIpc) is 2.47. The third-order valence-electron chi connectivity index (χ3n) is 3.41. The number of hydrogen-bond acceptors (Lipinski definition) is 2. The second kappa shape index (κ2) is 10.4. The van der Waals surface area contributed by atoms with Crippen molar-refractivity contribution in [2.75, 3.05) is 6.54 Å². The molecule has 1 aromatic rings. The highest BCUT2D eigenvalue weighted by Gasteiger charge is 2.06. The fourth-order valence-corrected chi connectivity index (χ4v) is 2.18. The van der Waals surface area contributed by atoms with Crippen LogP contribution >= 0.6 is 0 Å². The van der Waals surface area contributed by atoms with E-state index in [1.807, 2.05) is 37.3 Å². The van der Waals surface area contributed by atoms with Gasteiger partial charge in [0.1, 0.15) is 0 Å². The molecular weight excluding hydrogens is 246 g/mol. The van der Waals surface area contributed by atoms with Gasteiger partial charge in [0, 0.05) is 24.2 Å². The van der Waals surface area contributed by atoms with Gasteiger partial charge in [0.15, 0.2) is 5.78 Å². The maximum Gasteiger partial charge on any atom is 0.168 e. The summed E-state index contributed by atoms with van der Waals surface area (Å²) >= 11 is 0. The Balaban J connectivity index is 2.20. The molecule has 0 saturated heterocycles. The Kier molecular flexibility index (Phi) is 8.61. The molecule has 1 rings (SSSR count). The van der Waals surface area contributed by atoms with Crippen LogP contribution in [-0.2, 0) is 0 Å². The number of benzene rings is 1. The Hall–Kier alpha value is -1.44. The van der Waals surface area contributed by atoms with E-state index < -0.39 is 0 Å². The average molecular weight is 273 g/mol. The van der Waals surface area contributed by atoms with Crippen LogP contribution in [0.4, 0.5) is 0 Å².